The Morgan fingerprint density at radius 2 is 1.58 bits per heavy atom. The van der Waals surface area contributed by atoms with Gasteiger partial charge in [0.25, 0.3) is 5.91 Å². The first-order valence-corrected chi connectivity index (χ1v) is 5.95. The molecule has 0 spiro atoms. The molecule has 2 aromatic rings. The molecular formula is C16H14N2O. The minimum absolute atomic E-state index is 0.0663. The smallest absolute Gasteiger partial charge is 0.253 e. The van der Waals surface area contributed by atoms with E-state index in [0.29, 0.717) is 11.1 Å². The Balaban J connectivity index is 2.64. The summed E-state index contributed by atoms with van der Waals surface area (Å²) in [5.74, 6) is -0.0663. The van der Waals surface area contributed by atoms with Crippen molar-refractivity contribution >= 4 is 5.91 Å². The molecular weight excluding hydrogens is 236 g/mol. The van der Waals surface area contributed by atoms with Gasteiger partial charge < -0.3 is 4.90 Å². The second-order valence-electron chi connectivity index (χ2n) is 4.40. The van der Waals surface area contributed by atoms with E-state index in [-0.39, 0.29) is 5.91 Å². The van der Waals surface area contributed by atoms with Gasteiger partial charge in [-0.1, -0.05) is 36.4 Å². The van der Waals surface area contributed by atoms with Crippen LogP contribution >= 0.6 is 0 Å². The fourth-order valence-electron chi connectivity index (χ4n) is 1.96. The van der Waals surface area contributed by atoms with E-state index in [1.54, 1.807) is 26.2 Å². The molecule has 0 bridgehead atoms. The lowest BCUT2D eigenvalue weighted by Crippen LogP contribution is -2.22. The van der Waals surface area contributed by atoms with Crippen LogP contribution in [0.4, 0.5) is 0 Å². The van der Waals surface area contributed by atoms with Crippen LogP contribution in [0.5, 0.6) is 0 Å². The first-order valence-electron chi connectivity index (χ1n) is 5.95. The molecule has 1 amide bonds. The summed E-state index contributed by atoms with van der Waals surface area (Å²) in [6.45, 7) is 0. The van der Waals surface area contributed by atoms with E-state index in [4.69, 9.17) is 0 Å². The fourth-order valence-corrected chi connectivity index (χ4v) is 1.96. The Hall–Kier alpha value is -2.60. The maximum absolute atomic E-state index is 12.2. The van der Waals surface area contributed by atoms with Crippen LogP contribution < -0.4 is 0 Å². The minimum atomic E-state index is -0.0663. The molecule has 3 nitrogen and oxygen atoms in total. The summed E-state index contributed by atoms with van der Waals surface area (Å²) in [5, 5.41) is 9.17. The monoisotopic (exact) mass is 250 g/mol. The van der Waals surface area contributed by atoms with E-state index < -0.39 is 0 Å². The van der Waals surface area contributed by atoms with Gasteiger partial charge in [-0.15, -0.1) is 0 Å². The number of hydrogen-bond acceptors (Lipinski definition) is 2. The summed E-state index contributed by atoms with van der Waals surface area (Å²) in [7, 11) is 3.44. The molecule has 0 unspecified atom stereocenters. The van der Waals surface area contributed by atoms with Crippen molar-refractivity contribution < 1.29 is 4.79 Å². The number of amides is 1. The molecule has 0 atom stereocenters. The van der Waals surface area contributed by atoms with E-state index in [9.17, 15) is 10.1 Å². The summed E-state index contributed by atoms with van der Waals surface area (Å²) in [5.41, 5.74) is 2.76. The number of carbonyl (C=O) groups excluding carboxylic acids is 1. The topological polar surface area (TPSA) is 44.1 Å². The molecule has 0 aromatic heterocycles. The van der Waals surface area contributed by atoms with Crippen molar-refractivity contribution in [3.63, 3.8) is 0 Å². The van der Waals surface area contributed by atoms with Crippen molar-refractivity contribution in [2.45, 2.75) is 0 Å². The third kappa shape index (κ3) is 2.48. The molecule has 19 heavy (non-hydrogen) atoms. The van der Waals surface area contributed by atoms with E-state index in [0.717, 1.165) is 11.1 Å². The second kappa shape index (κ2) is 5.36. The first-order chi connectivity index (χ1) is 9.15. The number of benzene rings is 2. The molecule has 2 aromatic carbocycles. The molecule has 3 heteroatoms. The van der Waals surface area contributed by atoms with Crippen LogP contribution in [0.1, 0.15) is 15.9 Å². The number of nitriles is 1. The summed E-state index contributed by atoms with van der Waals surface area (Å²) >= 11 is 0. The molecule has 0 saturated carbocycles. The van der Waals surface area contributed by atoms with Crippen LogP contribution in [0.2, 0.25) is 0 Å². The van der Waals surface area contributed by atoms with Gasteiger partial charge in [0.05, 0.1) is 11.6 Å². The Morgan fingerprint density at radius 1 is 1.00 bits per heavy atom. The van der Waals surface area contributed by atoms with Crippen molar-refractivity contribution in [3.8, 4) is 17.2 Å². The van der Waals surface area contributed by atoms with E-state index in [1.165, 1.54) is 4.90 Å². The highest BCUT2D eigenvalue weighted by Crippen LogP contribution is 2.27. The van der Waals surface area contributed by atoms with Crippen molar-refractivity contribution in [1.82, 2.24) is 4.90 Å². The standard InChI is InChI=1S/C16H14N2O/c1-18(2)16(19)15-10-6-5-9-14(15)13-8-4-3-7-12(13)11-17/h3-10H,1-2H3. The quantitative estimate of drug-likeness (QED) is 0.822. The largest absolute Gasteiger partial charge is 0.345 e. The molecule has 0 aliphatic carbocycles. The summed E-state index contributed by atoms with van der Waals surface area (Å²) in [6, 6.07) is 16.8. The fraction of sp³-hybridized carbons (Fsp3) is 0.125. The Labute approximate surface area is 112 Å². The zero-order valence-electron chi connectivity index (χ0n) is 10.9. The molecule has 0 aliphatic rings. The first kappa shape index (κ1) is 12.8. The highest BCUT2D eigenvalue weighted by atomic mass is 16.2. The van der Waals surface area contributed by atoms with Gasteiger partial charge in [0.1, 0.15) is 0 Å². The van der Waals surface area contributed by atoms with Gasteiger partial charge in [-0.05, 0) is 17.7 Å². The van der Waals surface area contributed by atoms with Crippen LogP contribution in [0.15, 0.2) is 48.5 Å². The Bertz CT molecular complexity index is 654. The lowest BCUT2D eigenvalue weighted by Gasteiger charge is -2.14. The molecule has 94 valence electrons. The number of rotatable bonds is 2. The lowest BCUT2D eigenvalue weighted by atomic mass is 9.95. The molecule has 0 aliphatic heterocycles. The van der Waals surface area contributed by atoms with E-state index in [2.05, 4.69) is 6.07 Å². The zero-order valence-corrected chi connectivity index (χ0v) is 10.9. The average Bonchev–Trinajstić information content (AvgIpc) is 2.46. The molecule has 0 saturated heterocycles. The number of carbonyl (C=O) groups is 1. The van der Waals surface area contributed by atoms with Gasteiger partial charge in [-0.25, -0.2) is 0 Å². The van der Waals surface area contributed by atoms with E-state index in [1.807, 2.05) is 36.4 Å². The number of nitrogens with zero attached hydrogens (tertiary/aromatic N) is 2. The van der Waals surface area contributed by atoms with Gasteiger partial charge in [0, 0.05) is 25.2 Å². The second-order valence-corrected chi connectivity index (χ2v) is 4.40. The predicted molar refractivity (Wildman–Crippen MR) is 74.6 cm³/mol. The molecule has 0 heterocycles. The van der Waals surface area contributed by atoms with E-state index >= 15 is 0 Å². The highest BCUT2D eigenvalue weighted by Gasteiger charge is 2.15. The SMILES string of the molecule is CN(C)C(=O)c1ccccc1-c1ccccc1C#N. The highest BCUT2D eigenvalue weighted by molar-refractivity contribution is 6.01. The van der Waals surface area contributed by atoms with Gasteiger partial charge >= 0.3 is 0 Å². The third-order valence-corrected chi connectivity index (χ3v) is 2.90. The van der Waals surface area contributed by atoms with Gasteiger partial charge in [0.15, 0.2) is 0 Å². The van der Waals surface area contributed by atoms with Crippen molar-refractivity contribution in [2.24, 2.45) is 0 Å². The number of hydrogen-bond donors (Lipinski definition) is 0. The normalized spacial score (nSPS) is 9.74. The maximum Gasteiger partial charge on any atom is 0.253 e. The van der Waals surface area contributed by atoms with Gasteiger partial charge in [-0.3, -0.25) is 4.79 Å². The van der Waals surface area contributed by atoms with Crippen LogP contribution in [0.3, 0.4) is 0 Å². The lowest BCUT2D eigenvalue weighted by molar-refractivity contribution is 0.0828. The summed E-state index contributed by atoms with van der Waals surface area (Å²) < 4.78 is 0. The van der Waals surface area contributed by atoms with Crippen LogP contribution in [-0.2, 0) is 0 Å². The van der Waals surface area contributed by atoms with Gasteiger partial charge in [-0.2, -0.15) is 5.26 Å². The summed E-state index contributed by atoms with van der Waals surface area (Å²) in [6.07, 6.45) is 0. The summed E-state index contributed by atoms with van der Waals surface area (Å²) in [4.78, 5) is 13.7. The molecule has 0 N–H and O–H groups in total. The third-order valence-electron chi connectivity index (χ3n) is 2.90. The molecule has 2 rings (SSSR count). The van der Waals surface area contributed by atoms with Crippen LogP contribution in [0.25, 0.3) is 11.1 Å². The van der Waals surface area contributed by atoms with Crippen LogP contribution in [-0.4, -0.2) is 24.9 Å². The maximum atomic E-state index is 12.2. The van der Waals surface area contributed by atoms with Crippen LogP contribution in [0, 0.1) is 11.3 Å². The zero-order chi connectivity index (χ0) is 13.8. The molecule has 0 radical (unpaired) electrons. The van der Waals surface area contributed by atoms with Gasteiger partial charge in [0.2, 0.25) is 0 Å². The van der Waals surface area contributed by atoms with Crippen molar-refractivity contribution in [3.05, 3.63) is 59.7 Å². The predicted octanol–water partition coefficient (Wildman–Crippen LogP) is 2.93. The Morgan fingerprint density at radius 3 is 2.21 bits per heavy atom. The Kier molecular flexibility index (Phi) is 3.63. The average molecular weight is 250 g/mol. The molecule has 0 fully saturated rings. The minimum Gasteiger partial charge on any atom is -0.345 e. The van der Waals surface area contributed by atoms with Crippen molar-refractivity contribution in [1.29, 1.82) is 5.26 Å². The van der Waals surface area contributed by atoms with Crippen molar-refractivity contribution in [2.75, 3.05) is 14.1 Å².